The fraction of sp³-hybridized carbons (Fsp3) is 0.556. The molecule has 4 nitrogen and oxygen atoms in total. The Hall–Kier alpha value is -0.810. The van der Waals surface area contributed by atoms with Crippen molar-refractivity contribution in [3.63, 3.8) is 0 Å². The zero-order chi connectivity index (χ0) is 9.97. The Labute approximate surface area is 85.6 Å². The molecule has 1 aliphatic rings. The highest BCUT2D eigenvalue weighted by Gasteiger charge is 2.24. The quantitative estimate of drug-likeness (QED) is 0.762. The van der Waals surface area contributed by atoms with Crippen LogP contribution in [0.15, 0.2) is 17.4 Å². The number of hydrogen-bond acceptors (Lipinski definition) is 4. The Bertz CT molecular complexity index is 350. The Kier molecular flexibility index (Phi) is 2.88. The Morgan fingerprint density at radius 3 is 2.93 bits per heavy atom. The van der Waals surface area contributed by atoms with E-state index in [9.17, 15) is 4.21 Å². The van der Waals surface area contributed by atoms with Gasteiger partial charge >= 0.3 is 0 Å². The van der Waals surface area contributed by atoms with Gasteiger partial charge in [0, 0.05) is 18.9 Å². The molecule has 1 saturated heterocycles. The van der Waals surface area contributed by atoms with E-state index >= 15 is 0 Å². The highest BCUT2D eigenvalue weighted by Crippen LogP contribution is 2.15. The zero-order valence-electron chi connectivity index (χ0n) is 8.06. The van der Waals surface area contributed by atoms with Gasteiger partial charge in [0.15, 0.2) is 0 Å². The van der Waals surface area contributed by atoms with E-state index in [0.717, 1.165) is 25.2 Å². The fourth-order valence-corrected chi connectivity index (χ4v) is 2.99. The van der Waals surface area contributed by atoms with Gasteiger partial charge in [-0.15, -0.1) is 0 Å². The molecular formula is C9H13N3OS. The monoisotopic (exact) mass is 211 g/mol. The third-order valence-corrected chi connectivity index (χ3v) is 4.13. The summed E-state index contributed by atoms with van der Waals surface area (Å²) in [7, 11) is -1.01. The van der Waals surface area contributed by atoms with Crippen LogP contribution in [-0.2, 0) is 10.8 Å². The first-order valence-electron chi connectivity index (χ1n) is 4.68. The molecule has 0 spiro atoms. The number of hydrogen-bond donors (Lipinski definition) is 1. The summed E-state index contributed by atoms with van der Waals surface area (Å²) in [4.78, 5) is 8.23. The second-order valence-corrected chi connectivity index (χ2v) is 5.01. The number of rotatable bonds is 2. The van der Waals surface area contributed by atoms with Gasteiger partial charge in [-0.05, 0) is 19.9 Å². The van der Waals surface area contributed by atoms with Crippen LogP contribution in [0.4, 0.5) is 0 Å². The molecule has 0 amide bonds. The fourth-order valence-electron chi connectivity index (χ4n) is 1.56. The molecule has 76 valence electrons. The van der Waals surface area contributed by atoms with Crippen LogP contribution in [0.3, 0.4) is 0 Å². The summed E-state index contributed by atoms with van der Waals surface area (Å²) in [6.45, 7) is 3.63. The third-order valence-electron chi connectivity index (χ3n) is 2.34. The molecule has 2 rings (SSSR count). The molecule has 0 aromatic carbocycles. The molecule has 14 heavy (non-hydrogen) atoms. The molecule has 0 aliphatic carbocycles. The van der Waals surface area contributed by atoms with Gasteiger partial charge in [-0.25, -0.2) is 4.98 Å². The zero-order valence-corrected chi connectivity index (χ0v) is 8.88. The number of nitrogens with zero attached hydrogens (tertiary/aromatic N) is 2. The van der Waals surface area contributed by atoms with Crippen LogP contribution < -0.4 is 5.32 Å². The van der Waals surface area contributed by atoms with Crippen molar-refractivity contribution in [2.45, 2.75) is 23.6 Å². The second-order valence-electron chi connectivity index (χ2n) is 3.36. The molecule has 1 aromatic heterocycles. The maximum absolute atomic E-state index is 12.0. The average Bonchev–Trinajstić information content (AvgIpc) is 2.70. The lowest BCUT2D eigenvalue weighted by Gasteiger charge is -2.08. The van der Waals surface area contributed by atoms with Gasteiger partial charge in [0.2, 0.25) is 0 Å². The molecule has 0 bridgehead atoms. The highest BCUT2D eigenvalue weighted by atomic mass is 32.2. The molecule has 5 heteroatoms. The van der Waals surface area contributed by atoms with Crippen molar-refractivity contribution in [3.05, 3.63) is 18.1 Å². The predicted molar refractivity (Wildman–Crippen MR) is 54.5 cm³/mol. The summed E-state index contributed by atoms with van der Waals surface area (Å²) in [6.07, 6.45) is 4.19. The standard InChI is InChI=1S/C9H13N3OS/c1-7-9(12-5-4-11-7)14(13)8-2-3-10-6-8/h4-5,8,10H,2-3,6H2,1H3/t8-,14+/m0/s1. The summed E-state index contributed by atoms with van der Waals surface area (Å²) in [5, 5.41) is 4.04. The Balaban J connectivity index is 2.22. The number of aromatic nitrogens is 2. The van der Waals surface area contributed by atoms with E-state index < -0.39 is 10.8 Å². The van der Waals surface area contributed by atoms with Gasteiger partial charge in [-0.1, -0.05) is 0 Å². The van der Waals surface area contributed by atoms with Crippen LogP contribution >= 0.6 is 0 Å². The van der Waals surface area contributed by atoms with Crippen LogP contribution in [0, 0.1) is 6.92 Å². The van der Waals surface area contributed by atoms with Crippen LogP contribution in [0.1, 0.15) is 12.1 Å². The topological polar surface area (TPSA) is 54.9 Å². The van der Waals surface area contributed by atoms with Crippen LogP contribution in [-0.4, -0.2) is 32.5 Å². The molecule has 0 unspecified atom stereocenters. The first-order valence-corrected chi connectivity index (χ1v) is 5.89. The van der Waals surface area contributed by atoms with Crippen molar-refractivity contribution in [3.8, 4) is 0 Å². The first-order chi connectivity index (χ1) is 6.79. The van der Waals surface area contributed by atoms with Crippen LogP contribution in [0.5, 0.6) is 0 Å². The molecular weight excluding hydrogens is 198 g/mol. The van der Waals surface area contributed by atoms with E-state index in [2.05, 4.69) is 15.3 Å². The minimum Gasteiger partial charge on any atom is -0.315 e. The molecule has 1 aromatic rings. The highest BCUT2D eigenvalue weighted by molar-refractivity contribution is 7.85. The maximum Gasteiger partial charge on any atom is 0.148 e. The summed E-state index contributed by atoms with van der Waals surface area (Å²) in [5.74, 6) is 0. The van der Waals surface area contributed by atoms with Gasteiger partial charge in [0.1, 0.15) is 5.03 Å². The van der Waals surface area contributed by atoms with Crippen molar-refractivity contribution in [1.29, 1.82) is 0 Å². The maximum atomic E-state index is 12.0. The van der Waals surface area contributed by atoms with Gasteiger partial charge < -0.3 is 5.32 Å². The predicted octanol–water partition coefficient (Wildman–Crippen LogP) is 0.255. The van der Waals surface area contributed by atoms with Gasteiger partial charge in [-0.3, -0.25) is 9.19 Å². The molecule has 1 aliphatic heterocycles. The average molecular weight is 211 g/mol. The van der Waals surface area contributed by atoms with Gasteiger partial charge in [0.25, 0.3) is 0 Å². The Morgan fingerprint density at radius 2 is 2.29 bits per heavy atom. The first kappa shape index (κ1) is 9.73. The van der Waals surface area contributed by atoms with Crippen molar-refractivity contribution >= 4 is 10.8 Å². The van der Waals surface area contributed by atoms with E-state index in [4.69, 9.17) is 0 Å². The van der Waals surface area contributed by atoms with Crippen molar-refractivity contribution in [1.82, 2.24) is 15.3 Å². The van der Waals surface area contributed by atoms with E-state index in [1.165, 1.54) is 0 Å². The van der Waals surface area contributed by atoms with Gasteiger partial charge in [0.05, 0.1) is 21.7 Å². The summed E-state index contributed by atoms with van der Waals surface area (Å²) >= 11 is 0. The minimum atomic E-state index is -1.01. The smallest absolute Gasteiger partial charge is 0.148 e. The van der Waals surface area contributed by atoms with Crippen molar-refractivity contribution < 1.29 is 4.21 Å². The lowest BCUT2D eigenvalue weighted by molar-refractivity contribution is 0.667. The van der Waals surface area contributed by atoms with E-state index in [0.29, 0.717) is 5.03 Å². The van der Waals surface area contributed by atoms with Crippen molar-refractivity contribution in [2.75, 3.05) is 13.1 Å². The molecule has 2 heterocycles. The summed E-state index contributed by atoms with van der Waals surface area (Å²) in [5.41, 5.74) is 0.776. The van der Waals surface area contributed by atoms with E-state index in [1.807, 2.05) is 6.92 Å². The van der Waals surface area contributed by atoms with Crippen LogP contribution in [0.25, 0.3) is 0 Å². The normalized spacial score (nSPS) is 23.6. The summed E-state index contributed by atoms with van der Waals surface area (Å²) < 4.78 is 12.0. The van der Waals surface area contributed by atoms with Crippen LogP contribution in [0.2, 0.25) is 0 Å². The van der Waals surface area contributed by atoms with E-state index in [-0.39, 0.29) is 5.25 Å². The van der Waals surface area contributed by atoms with Crippen molar-refractivity contribution in [2.24, 2.45) is 0 Å². The van der Waals surface area contributed by atoms with E-state index in [1.54, 1.807) is 12.4 Å². The minimum absolute atomic E-state index is 0.199. The lowest BCUT2D eigenvalue weighted by atomic mass is 10.4. The molecule has 1 N–H and O–H groups in total. The van der Waals surface area contributed by atoms with Gasteiger partial charge in [-0.2, -0.15) is 0 Å². The Morgan fingerprint density at radius 1 is 1.50 bits per heavy atom. The molecule has 0 saturated carbocycles. The third kappa shape index (κ3) is 1.83. The molecule has 0 radical (unpaired) electrons. The SMILES string of the molecule is Cc1nccnc1[S@](=O)[C@H]1CCNC1. The molecule has 1 fully saturated rings. The number of nitrogens with one attached hydrogen (secondary N) is 1. The second kappa shape index (κ2) is 4.14. The number of aryl methyl sites for hydroxylation is 1. The lowest BCUT2D eigenvalue weighted by Crippen LogP contribution is -2.20. The summed E-state index contributed by atoms with van der Waals surface area (Å²) in [6, 6.07) is 0. The molecule has 2 atom stereocenters. The largest absolute Gasteiger partial charge is 0.315 e.